The van der Waals surface area contributed by atoms with Gasteiger partial charge in [0.05, 0.1) is 0 Å². The quantitative estimate of drug-likeness (QED) is 0.719. The van der Waals surface area contributed by atoms with Crippen molar-refractivity contribution in [3.8, 4) is 11.4 Å². The van der Waals surface area contributed by atoms with E-state index in [0.717, 1.165) is 18.4 Å². The number of nitrogens with zero attached hydrogens (tertiary/aromatic N) is 5. The Morgan fingerprint density at radius 1 is 1.27 bits per heavy atom. The van der Waals surface area contributed by atoms with Crippen molar-refractivity contribution >= 4 is 5.91 Å². The predicted octanol–water partition coefficient (Wildman–Crippen LogP) is 0.763. The van der Waals surface area contributed by atoms with Crippen LogP contribution in [0, 0.1) is 0 Å². The first-order chi connectivity index (χ1) is 12.7. The Morgan fingerprint density at radius 2 is 2.12 bits per heavy atom. The number of aromatic amines is 2. The molecule has 1 fully saturated rings. The fourth-order valence-electron chi connectivity index (χ4n) is 3.23. The highest BCUT2D eigenvalue weighted by Gasteiger charge is 2.27. The van der Waals surface area contributed by atoms with Crippen LogP contribution in [-0.2, 0) is 11.3 Å². The third kappa shape index (κ3) is 3.41. The van der Waals surface area contributed by atoms with E-state index in [1.165, 1.54) is 0 Å². The zero-order valence-electron chi connectivity index (χ0n) is 14.1. The number of nitrogens with one attached hydrogen (secondary N) is 2. The average molecular weight is 353 g/mol. The van der Waals surface area contributed by atoms with Crippen LogP contribution in [0.15, 0.2) is 41.5 Å². The first-order valence-corrected chi connectivity index (χ1v) is 8.56. The summed E-state index contributed by atoms with van der Waals surface area (Å²) in [6, 6.07) is 9.65. The molecule has 2 aromatic heterocycles. The third-order valence-corrected chi connectivity index (χ3v) is 4.55. The summed E-state index contributed by atoms with van der Waals surface area (Å²) in [5, 5.41) is 10.8. The van der Waals surface area contributed by atoms with Crippen molar-refractivity contribution in [3.05, 3.63) is 53.0 Å². The molecule has 0 aliphatic carbocycles. The molecule has 134 valence electrons. The van der Waals surface area contributed by atoms with Gasteiger partial charge in [-0.05, 0) is 12.8 Å². The van der Waals surface area contributed by atoms with Crippen molar-refractivity contribution in [3.63, 3.8) is 0 Å². The van der Waals surface area contributed by atoms with E-state index in [1.807, 2.05) is 30.3 Å². The molecule has 3 aromatic rings. The first-order valence-electron chi connectivity index (χ1n) is 8.56. The molecule has 4 rings (SSSR count). The molecule has 1 saturated heterocycles. The molecular weight excluding hydrogens is 334 g/mol. The molecule has 2 N–H and O–H groups in total. The van der Waals surface area contributed by atoms with Gasteiger partial charge in [-0.25, -0.2) is 19.6 Å². The minimum Gasteiger partial charge on any atom is -0.340 e. The van der Waals surface area contributed by atoms with Crippen molar-refractivity contribution in [2.24, 2.45) is 0 Å². The number of benzene rings is 1. The number of likely N-dealkylation sites (tertiary alicyclic amines) is 1. The van der Waals surface area contributed by atoms with E-state index in [-0.39, 0.29) is 24.1 Å². The molecule has 9 heteroatoms. The van der Waals surface area contributed by atoms with Gasteiger partial charge in [0.2, 0.25) is 5.91 Å². The topological polar surface area (TPSA) is 113 Å². The van der Waals surface area contributed by atoms with Crippen molar-refractivity contribution < 1.29 is 4.79 Å². The van der Waals surface area contributed by atoms with E-state index in [0.29, 0.717) is 24.7 Å². The summed E-state index contributed by atoms with van der Waals surface area (Å²) in [4.78, 5) is 32.6. The molecule has 26 heavy (non-hydrogen) atoms. The van der Waals surface area contributed by atoms with E-state index in [4.69, 9.17) is 0 Å². The van der Waals surface area contributed by atoms with Gasteiger partial charge in [0.1, 0.15) is 18.7 Å². The number of hydrogen-bond acceptors (Lipinski definition) is 5. The van der Waals surface area contributed by atoms with Gasteiger partial charge in [0.15, 0.2) is 5.82 Å². The smallest absolute Gasteiger partial charge is 0.340 e. The molecule has 1 unspecified atom stereocenters. The number of piperidine rings is 1. The van der Waals surface area contributed by atoms with Gasteiger partial charge in [-0.1, -0.05) is 30.3 Å². The molecule has 1 amide bonds. The Hall–Kier alpha value is -3.23. The maximum Gasteiger partial charge on any atom is 0.340 e. The minimum absolute atomic E-state index is 0.0166. The van der Waals surface area contributed by atoms with E-state index in [9.17, 15) is 9.59 Å². The summed E-state index contributed by atoms with van der Waals surface area (Å²) >= 11 is 0. The van der Waals surface area contributed by atoms with E-state index in [2.05, 4.69) is 25.3 Å². The molecule has 0 saturated carbocycles. The molecule has 0 radical (unpaired) electrons. The lowest BCUT2D eigenvalue weighted by atomic mass is 9.97. The zero-order chi connectivity index (χ0) is 17.9. The third-order valence-electron chi connectivity index (χ3n) is 4.55. The number of carbonyl (C=O) groups excluding carboxylic acids is 1. The number of amides is 1. The minimum atomic E-state index is -0.320. The molecular formula is C17H19N7O2. The zero-order valence-corrected chi connectivity index (χ0v) is 14.1. The van der Waals surface area contributed by atoms with Crippen LogP contribution in [0.2, 0.25) is 0 Å². The predicted molar refractivity (Wildman–Crippen MR) is 93.2 cm³/mol. The Bertz CT molecular complexity index is 943. The summed E-state index contributed by atoms with van der Waals surface area (Å²) in [6.07, 6.45) is 3.34. The highest BCUT2D eigenvalue weighted by Crippen LogP contribution is 2.23. The molecule has 1 atom stereocenters. The van der Waals surface area contributed by atoms with Crippen molar-refractivity contribution in [2.75, 3.05) is 13.1 Å². The molecule has 0 bridgehead atoms. The molecule has 3 heterocycles. The summed E-state index contributed by atoms with van der Waals surface area (Å²) in [5.74, 6) is 1.24. The lowest BCUT2D eigenvalue weighted by Crippen LogP contribution is -2.41. The molecule has 9 nitrogen and oxygen atoms in total. The number of carbonyl (C=O) groups is 1. The van der Waals surface area contributed by atoms with Crippen molar-refractivity contribution in [1.82, 2.24) is 34.8 Å². The maximum atomic E-state index is 12.6. The number of H-pyrrole nitrogens is 2. The van der Waals surface area contributed by atoms with Crippen LogP contribution in [0.4, 0.5) is 0 Å². The molecule has 1 aromatic carbocycles. The number of rotatable bonds is 4. The van der Waals surface area contributed by atoms with E-state index >= 15 is 0 Å². The monoisotopic (exact) mass is 353 g/mol. The maximum absolute atomic E-state index is 12.6. The second-order valence-electron chi connectivity index (χ2n) is 6.37. The van der Waals surface area contributed by atoms with Crippen LogP contribution in [0.25, 0.3) is 11.4 Å². The van der Waals surface area contributed by atoms with E-state index < -0.39 is 0 Å². The summed E-state index contributed by atoms with van der Waals surface area (Å²) in [5.41, 5.74) is 0.596. The van der Waals surface area contributed by atoms with Gasteiger partial charge in [-0.15, -0.1) is 0 Å². The number of hydrogen-bond donors (Lipinski definition) is 2. The van der Waals surface area contributed by atoms with Crippen LogP contribution in [-0.4, -0.2) is 53.8 Å². The lowest BCUT2D eigenvalue weighted by Gasteiger charge is -2.31. The Kier molecular flexibility index (Phi) is 4.34. The second kappa shape index (κ2) is 6.95. The standard InChI is InChI=1S/C17H19N7O2/c25-14(10-24-11-18-15(22-24)12-5-2-1-3-6-12)23-8-4-7-13(9-23)16-19-17(26)21-20-16/h1-3,5-6,11,13H,4,7-10H2,(H2,19,20,21,26). The highest BCUT2D eigenvalue weighted by molar-refractivity contribution is 5.76. The second-order valence-corrected chi connectivity index (χ2v) is 6.37. The fourth-order valence-corrected chi connectivity index (χ4v) is 3.23. The Morgan fingerprint density at radius 3 is 2.88 bits per heavy atom. The van der Waals surface area contributed by atoms with E-state index in [1.54, 1.807) is 15.9 Å². The molecule has 0 spiro atoms. The normalized spacial score (nSPS) is 17.4. The highest BCUT2D eigenvalue weighted by atomic mass is 16.2. The van der Waals surface area contributed by atoms with Crippen LogP contribution in [0.1, 0.15) is 24.6 Å². The van der Waals surface area contributed by atoms with Gasteiger partial charge in [0, 0.05) is 24.6 Å². The largest absolute Gasteiger partial charge is 0.340 e. The average Bonchev–Trinajstić information content (AvgIpc) is 3.32. The Balaban J connectivity index is 1.42. The SMILES string of the molecule is O=C(Cn1cnc(-c2ccccc2)n1)N1CCCC(c2n[nH]c(=O)[nH]2)C1. The first kappa shape index (κ1) is 16.2. The fraction of sp³-hybridized carbons (Fsp3) is 0.353. The van der Waals surface area contributed by atoms with Gasteiger partial charge >= 0.3 is 5.69 Å². The van der Waals surface area contributed by atoms with Gasteiger partial charge in [-0.2, -0.15) is 10.2 Å². The molecule has 1 aliphatic rings. The van der Waals surface area contributed by atoms with Crippen LogP contribution in [0.5, 0.6) is 0 Å². The summed E-state index contributed by atoms with van der Waals surface area (Å²) < 4.78 is 1.56. The van der Waals surface area contributed by atoms with Crippen LogP contribution in [0.3, 0.4) is 0 Å². The lowest BCUT2D eigenvalue weighted by molar-refractivity contribution is -0.133. The van der Waals surface area contributed by atoms with Gasteiger partial charge in [0.25, 0.3) is 0 Å². The van der Waals surface area contributed by atoms with Crippen LogP contribution >= 0.6 is 0 Å². The van der Waals surface area contributed by atoms with Crippen LogP contribution < -0.4 is 5.69 Å². The van der Waals surface area contributed by atoms with Crippen molar-refractivity contribution in [2.45, 2.75) is 25.3 Å². The summed E-state index contributed by atoms with van der Waals surface area (Å²) in [7, 11) is 0. The Labute approximate surface area is 149 Å². The number of aromatic nitrogens is 6. The molecule has 1 aliphatic heterocycles. The van der Waals surface area contributed by atoms with Gasteiger partial charge < -0.3 is 4.90 Å². The summed E-state index contributed by atoms with van der Waals surface area (Å²) in [6.45, 7) is 1.38. The van der Waals surface area contributed by atoms with Gasteiger partial charge in [-0.3, -0.25) is 9.78 Å². The van der Waals surface area contributed by atoms with Crippen molar-refractivity contribution in [1.29, 1.82) is 0 Å².